The van der Waals surface area contributed by atoms with Gasteiger partial charge in [-0.05, 0) is 36.6 Å². The minimum Gasteiger partial charge on any atom is -0.348 e. The number of rotatable bonds is 4. The summed E-state index contributed by atoms with van der Waals surface area (Å²) in [7, 11) is 0. The molecule has 1 amide bonds. The van der Waals surface area contributed by atoms with Crippen LogP contribution in [0.1, 0.15) is 23.2 Å². The number of anilines is 1. The number of carbonyl (C=O) groups is 1. The molecule has 3 aromatic rings. The Morgan fingerprint density at radius 1 is 1.14 bits per heavy atom. The third-order valence-electron chi connectivity index (χ3n) is 4.70. The van der Waals surface area contributed by atoms with Crippen LogP contribution >= 0.6 is 0 Å². The van der Waals surface area contributed by atoms with Crippen LogP contribution in [0.4, 0.5) is 5.95 Å². The molecule has 1 aromatic carbocycles. The van der Waals surface area contributed by atoms with Gasteiger partial charge in [0.05, 0.1) is 18.1 Å². The highest BCUT2D eigenvalue weighted by Crippen LogP contribution is 2.17. The van der Waals surface area contributed by atoms with Crippen molar-refractivity contribution in [2.75, 3.05) is 18.0 Å². The largest absolute Gasteiger partial charge is 0.348 e. The summed E-state index contributed by atoms with van der Waals surface area (Å²) in [6, 6.07) is 8.92. The van der Waals surface area contributed by atoms with Gasteiger partial charge < -0.3 is 15.2 Å². The Balaban J connectivity index is 1.41. The van der Waals surface area contributed by atoms with E-state index in [9.17, 15) is 9.59 Å². The number of aromatic nitrogens is 4. The number of nitrogens with zero attached hydrogens (tertiary/aromatic N) is 4. The Bertz CT molecular complexity index is 1000. The lowest BCUT2D eigenvalue weighted by molar-refractivity contribution is 0.0933. The average molecular weight is 376 g/mol. The molecule has 0 spiro atoms. The molecule has 2 N–H and O–H groups in total. The summed E-state index contributed by atoms with van der Waals surface area (Å²) in [5, 5.41) is 3.10. The number of amides is 1. The number of hydrogen-bond acceptors (Lipinski definition) is 6. The van der Waals surface area contributed by atoms with Crippen LogP contribution in [0.25, 0.3) is 11.3 Å². The van der Waals surface area contributed by atoms with E-state index in [2.05, 4.69) is 30.2 Å². The third kappa shape index (κ3) is 4.06. The summed E-state index contributed by atoms with van der Waals surface area (Å²) >= 11 is 0. The van der Waals surface area contributed by atoms with Gasteiger partial charge in [0, 0.05) is 37.1 Å². The van der Waals surface area contributed by atoms with Gasteiger partial charge in [0.2, 0.25) is 5.95 Å². The van der Waals surface area contributed by atoms with Gasteiger partial charge in [-0.25, -0.2) is 9.97 Å². The van der Waals surface area contributed by atoms with Crippen LogP contribution in [0.3, 0.4) is 0 Å². The minimum atomic E-state index is -0.261. The van der Waals surface area contributed by atoms with Crippen LogP contribution in [-0.2, 0) is 0 Å². The van der Waals surface area contributed by atoms with E-state index in [1.54, 1.807) is 48.9 Å². The topological polar surface area (TPSA) is 104 Å². The molecular weight excluding hydrogens is 356 g/mol. The van der Waals surface area contributed by atoms with Crippen molar-refractivity contribution in [3.63, 3.8) is 0 Å². The van der Waals surface area contributed by atoms with Crippen molar-refractivity contribution in [2.24, 2.45) is 0 Å². The second-order valence-corrected chi connectivity index (χ2v) is 6.69. The van der Waals surface area contributed by atoms with Crippen LogP contribution in [0.2, 0.25) is 0 Å². The fraction of sp³-hybridized carbons (Fsp3) is 0.250. The predicted molar refractivity (Wildman–Crippen MR) is 105 cm³/mol. The van der Waals surface area contributed by atoms with Crippen molar-refractivity contribution in [3.8, 4) is 11.3 Å². The van der Waals surface area contributed by atoms with Crippen LogP contribution in [0.15, 0.2) is 59.9 Å². The van der Waals surface area contributed by atoms with Crippen molar-refractivity contribution >= 4 is 11.9 Å². The molecule has 0 saturated carbocycles. The van der Waals surface area contributed by atoms with Gasteiger partial charge in [0.1, 0.15) is 0 Å². The molecule has 2 aromatic heterocycles. The first-order chi connectivity index (χ1) is 13.7. The molecule has 1 atom stereocenters. The standard InChI is InChI=1S/C20H20N6O2/c27-18-12-21-11-17(25-18)14-4-6-15(7-5-14)19(28)24-16-3-1-10-26(13-16)20-22-8-2-9-23-20/h2,4-9,11-12,16H,1,3,10,13H2,(H,24,28)(H,25,27)/t16-/m1/s1. The van der Waals surface area contributed by atoms with Gasteiger partial charge in [-0.3, -0.25) is 14.6 Å². The lowest BCUT2D eigenvalue weighted by Crippen LogP contribution is -2.48. The predicted octanol–water partition coefficient (Wildman–Crippen LogP) is 1.63. The first-order valence-electron chi connectivity index (χ1n) is 9.16. The highest BCUT2D eigenvalue weighted by Gasteiger charge is 2.23. The maximum Gasteiger partial charge on any atom is 0.266 e. The van der Waals surface area contributed by atoms with Crippen molar-refractivity contribution in [1.29, 1.82) is 0 Å². The fourth-order valence-corrected chi connectivity index (χ4v) is 3.32. The summed E-state index contributed by atoms with van der Waals surface area (Å²) in [4.78, 5) is 41.3. The number of aromatic amines is 1. The Labute approximate surface area is 161 Å². The highest BCUT2D eigenvalue weighted by molar-refractivity contribution is 5.94. The molecule has 8 heteroatoms. The molecule has 0 unspecified atom stereocenters. The molecule has 8 nitrogen and oxygen atoms in total. The van der Waals surface area contributed by atoms with Crippen LogP contribution in [-0.4, -0.2) is 45.0 Å². The van der Waals surface area contributed by atoms with Crippen molar-refractivity contribution in [1.82, 2.24) is 25.3 Å². The van der Waals surface area contributed by atoms with Crippen LogP contribution < -0.4 is 15.8 Å². The van der Waals surface area contributed by atoms with Crippen molar-refractivity contribution < 1.29 is 4.79 Å². The number of piperidine rings is 1. The SMILES string of the molecule is O=C(N[C@@H]1CCCN(c2ncccn2)C1)c1ccc(-c2cncc(=O)[nH]2)cc1. The minimum absolute atomic E-state index is 0.0411. The molecule has 0 bridgehead atoms. The van der Waals surface area contributed by atoms with Gasteiger partial charge in [-0.1, -0.05) is 12.1 Å². The summed E-state index contributed by atoms with van der Waals surface area (Å²) in [5.74, 6) is 0.573. The van der Waals surface area contributed by atoms with E-state index in [1.165, 1.54) is 6.20 Å². The molecule has 0 radical (unpaired) electrons. The maximum atomic E-state index is 12.6. The molecule has 0 aliphatic carbocycles. The second-order valence-electron chi connectivity index (χ2n) is 6.69. The van der Waals surface area contributed by atoms with Gasteiger partial charge in [0.15, 0.2) is 0 Å². The van der Waals surface area contributed by atoms with E-state index < -0.39 is 0 Å². The summed E-state index contributed by atoms with van der Waals surface area (Å²) in [6.07, 6.45) is 8.14. The average Bonchev–Trinajstić information content (AvgIpc) is 2.75. The van der Waals surface area contributed by atoms with E-state index in [4.69, 9.17) is 0 Å². The summed E-state index contributed by atoms with van der Waals surface area (Å²) < 4.78 is 0. The first-order valence-corrected chi connectivity index (χ1v) is 9.16. The number of hydrogen-bond donors (Lipinski definition) is 2. The zero-order valence-corrected chi connectivity index (χ0v) is 15.2. The molecule has 142 valence electrons. The molecule has 1 aliphatic heterocycles. The highest BCUT2D eigenvalue weighted by atomic mass is 16.1. The molecule has 1 saturated heterocycles. The number of carbonyl (C=O) groups excluding carboxylic acids is 1. The fourth-order valence-electron chi connectivity index (χ4n) is 3.32. The second kappa shape index (κ2) is 7.99. The molecule has 1 aliphatic rings. The first kappa shape index (κ1) is 17.8. The van der Waals surface area contributed by atoms with Crippen LogP contribution in [0.5, 0.6) is 0 Å². The van der Waals surface area contributed by atoms with Crippen molar-refractivity contribution in [2.45, 2.75) is 18.9 Å². The monoisotopic (exact) mass is 376 g/mol. The van der Waals surface area contributed by atoms with Gasteiger partial charge in [0.25, 0.3) is 11.5 Å². The normalized spacial score (nSPS) is 16.6. The van der Waals surface area contributed by atoms with Crippen LogP contribution in [0, 0.1) is 0 Å². The zero-order chi connectivity index (χ0) is 19.3. The Morgan fingerprint density at radius 2 is 1.93 bits per heavy atom. The number of benzene rings is 1. The van der Waals surface area contributed by atoms with Gasteiger partial charge in [-0.15, -0.1) is 0 Å². The molecule has 28 heavy (non-hydrogen) atoms. The van der Waals surface area contributed by atoms with E-state index in [0.29, 0.717) is 23.8 Å². The molecule has 3 heterocycles. The van der Waals surface area contributed by atoms with E-state index >= 15 is 0 Å². The molecule has 1 fully saturated rings. The summed E-state index contributed by atoms with van der Waals surface area (Å²) in [6.45, 7) is 1.57. The number of H-pyrrole nitrogens is 1. The lowest BCUT2D eigenvalue weighted by atomic mass is 10.0. The van der Waals surface area contributed by atoms with Gasteiger partial charge in [-0.2, -0.15) is 0 Å². The maximum absolute atomic E-state index is 12.6. The third-order valence-corrected chi connectivity index (χ3v) is 4.70. The molecule has 4 rings (SSSR count). The van der Waals surface area contributed by atoms with E-state index in [1.807, 2.05) is 0 Å². The Hall–Kier alpha value is -3.55. The smallest absolute Gasteiger partial charge is 0.266 e. The lowest BCUT2D eigenvalue weighted by Gasteiger charge is -2.33. The Morgan fingerprint density at radius 3 is 2.68 bits per heavy atom. The van der Waals surface area contributed by atoms with Gasteiger partial charge >= 0.3 is 0 Å². The zero-order valence-electron chi connectivity index (χ0n) is 15.2. The van der Waals surface area contributed by atoms with Crippen molar-refractivity contribution in [3.05, 3.63) is 71.0 Å². The molecular formula is C20H20N6O2. The quantitative estimate of drug-likeness (QED) is 0.717. The summed E-state index contributed by atoms with van der Waals surface area (Å²) in [5.41, 5.74) is 1.73. The van der Waals surface area contributed by atoms with E-state index in [0.717, 1.165) is 24.9 Å². The number of nitrogens with one attached hydrogen (secondary N) is 2. The van der Waals surface area contributed by atoms with E-state index in [-0.39, 0.29) is 17.5 Å². The Kier molecular flexibility index (Phi) is 5.09.